The van der Waals surface area contributed by atoms with Gasteiger partial charge in [-0.2, -0.15) is 11.6 Å². The standard InChI is InChI=1S/C13H12FN2O4.W/c14-8-5-7(1-2-9(17)6-8)12(19)15-10-3-4-11(18)16-13(10)20;/h1-2,10H,3-4,6H2,(H3,15,16,17,18,19,20);/q-1;+2/p-1. The SMILES string of the molecule is O=C1C=C/C(=C(\O)[N-]C2CCC(=O)NC2=O)[C-]=C(F)C1.[W+2]. The molecule has 6 nitrogen and oxygen atoms in total. The number of imide groups is 1. The van der Waals surface area contributed by atoms with Crippen molar-refractivity contribution >= 4 is 17.6 Å². The maximum atomic E-state index is 13.2. The molecule has 2 aliphatic rings. The molecule has 1 aliphatic heterocycles. The molecule has 1 unspecified atom stereocenters. The molecule has 0 saturated carbocycles. The third-order valence-electron chi connectivity index (χ3n) is 2.76. The Balaban J connectivity index is 0.00000220. The second-order valence-electron chi connectivity index (χ2n) is 4.34. The summed E-state index contributed by atoms with van der Waals surface area (Å²) in [5.41, 5.74) is -0.113. The zero-order chi connectivity index (χ0) is 14.7. The van der Waals surface area contributed by atoms with E-state index >= 15 is 0 Å². The van der Waals surface area contributed by atoms with Gasteiger partial charge in [0.05, 0.1) is 0 Å². The van der Waals surface area contributed by atoms with Crippen LogP contribution in [-0.4, -0.2) is 28.7 Å². The molecule has 0 bridgehead atoms. The molecule has 0 aromatic carbocycles. The van der Waals surface area contributed by atoms with Crippen molar-refractivity contribution in [3.63, 3.8) is 0 Å². The van der Waals surface area contributed by atoms with Crippen molar-refractivity contribution in [3.05, 3.63) is 40.8 Å². The summed E-state index contributed by atoms with van der Waals surface area (Å²) in [4.78, 5) is 33.6. The molecular formula is C13H11FN2O4W. The van der Waals surface area contributed by atoms with Crippen molar-refractivity contribution in [2.45, 2.75) is 25.3 Å². The van der Waals surface area contributed by atoms with Gasteiger partial charge < -0.3 is 10.4 Å². The Morgan fingerprint density at radius 2 is 2.10 bits per heavy atom. The number of nitrogens with one attached hydrogen (secondary N) is 1. The van der Waals surface area contributed by atoms with Crippen LogP contribution in [0.2, 0.25) is 0 Å². The Hall–Kier alpha value is -1.75. The smallest absolute Gasteiger partial charge is 0.703 e. The molecule has 0 aromatic heterocycles. The quantitative estimate of drug-likeness (QED) is 0.365. The van der Waals surface area contributed by atoms with E-state index in [1.54, 1.807) is 0 Å². The summed E-state index contributed by atoms with van der Waals surface area (Å²) in [5, 5.41) is 15.6. The van der Waals surface area contributed by atoms with Gasteiger partial charge >= 0.3 is 21.1 Å². The summed E-state index contributed by atoms with van der Waals surface area (Å²) in [6, 6.07) is -0.919. The van der Waals surface area contributed by atoms with E-state index in [0.29, 0.717) is 0 Å². The first-order valence-electron chi connectivity index (χ1n) is 5.93. The third-order valence-corrected chi connectivity index (χ3v) is 2.76. The van der Waals surface area contributed by atoms with Gasteiger partial charge in [-0.1, -0.05) is 6.08 Å². The van der Waals surface area contributed by atoms with Gasteiger partial charge in [-0.05, 0) is 12.5 Å². The molecule has 8 heteroatoms. The molecule has 2 rings (SSSR count). The molecule has 0 spiro atoms. The van der Waals surface area contributed by atoms with Crippen molar-refractivity contribution in [2.24, 2.45) is 0 Å². The van der Waals surface area contributed by atoms with Crippen LogP contribution in [-0.2, 0) is 35.4 Å². The number of aliphatic hydroxyl groups is 1. The second kappa shape index (κ2) is 7.31. The van der Waals surface area contributed by atoms with Crippen LogP contribution in [0.4, 0.5) is 4.39 Å². The molecule has 1 fully saturated rings. The molecular weight excluding hydrogens is 451 g/mol. The van der Waals surface area contributed by atoms with E-state index in [1.807, 2.05) is 0 Å². The van der Waals surface area contributed by atoms with Gasteiger partial charge in [0.25, 0.3) is 0 Å². The number of carbonyl (C=O) groups excluding carboxylic acids is 3. The topological polar surface area (TPSA) is 97.6 Å². The number of allylic oxidation sites excluding steroid dienone is 5. The van der Waals surface area contributed by atoms with Crippen LogP contribution in [0.15, 0.2) is 29.4 Å². The predicted octanol–water partition coefficient (Wildman–Crippen LogP) is 1.12. The number of ketones is 1. The minimum absolute atomic E-state index is 0. The van der Waals surface area contributed by atoms with E-state index in [1.165, 1.54) is 6.08 Å². The minimum Gasteiger partial charge on any atom is -0.703 e. The Morgan fingerprint density at radius 1 is 1.38 bits per heavy atom. The van der Waals surface area contributed by atoms with Gasteiger partial charge in [0, 0.05) is 18.7 Å². The monoisotopic (exact) mass is 462 g/mol. The van der Waals surface area contributed by atoms with E-state index < -0.39 is 41.8 Å². The van der Waals surface area contributed by atoms with Gasteiger partial charge in [0.15, 0.2) is 0 Å². The zero-order valence-electron chi connectivity index (χ0n) is 10.8. The van der Waals surface area contributed by atoms with Gasteiger partial charge in [-0.15, -0.1) is 12.0 Å². The summed E-state index contributed by atoms with van der Waals surface area (Å²) in [7, 11) is 0. The van der Waals surface area contributed by atoms with Gasteiger partial charge in [0.2, 0.25) is 11.8 Å². The minimum atomic E-state index is -0.919. The average molecular weight is 462 g/mol. The fraction of sp³-hybridized carbons (Fsp3) is 0.308. The molecule has 0 aromatic rings. The fourth-order valence-corrected chi connectivity index (χ4v) is 1.77. The Labute approximate surface area is 134 Å². The number of piperidine rings is 1. The summed E-state index contributed by atoms with van der Waals surface area (Å²) in [6.07, 6.45) is 4.34. The first-order chi connectivity index (χ1) is 9.45. The first-order valence-corrected chi connectivity index (χ1v) is 5.93. The molecule has 2 N–H and O–H groups in total. The van der Waals surface area contributed by atoms with Crippen LogP contribution in [0.25, 0.3) is 5.32 Å². The van der Waals surface area contributed by atoms with Crippen LogP contribution in [0, 0.1) is 6.08 Å². The predicted molar refractivity (Wildman–Crippen MR) is 65.8 cm³/mol. The number of amides is 2. The second-order valence-corrected chi connectivity index (χ2v) is 4.34. The number of aliphatic hydroxyl groups excluding tert-OH is 1. The van der Waals surface area contributed by atoms with Crippen molar-refractivity contribution in [1.29, 1.82) is 0 Å². The van der Waals surface area contributed by atoms with E-state index in [4.69, 9.17) is 0 Å². The largest absolute Gasteiger partial charge is 2.00 e. The summed E-state index contributed by atoms with van der Waals surface area (Å²) in [5.74, 6) is -2.89. The maximum absolute atomic E-state index is 13.2. The van der Waals surface area contributed by atoms with Crippen molar-refractivity contribution in [2.75, 3.05) is 0 Å². The zero-order valence-corrected chi connectivity index (χ0v) is 13.7. The van der Waals surface area contributed by atoms with E-state index in [0.717, 1.165) is 6.08 Å². The van der Waals surface area contributed by atoms with Gasteiger partial charge in [-0.25, -0.2) is 4.39 Å². The van der Waals surface area contributed by atoms with E-state index in [2.05, 4.69) is 16.7 Å². The summed E-state index contributed by atoms with van der Waals surface area (Å²) < 4.78 is 13.2. The summed E-state index contributed by atoms with van der Waals surface area (Å²) >= 11 is 0. The van der Waals surface area contributed by atoms with Crippen LogP contribution < -0.4 is 5.32 Å². The number of rotatable bonds is 2. The molecule has 1 heterocycles. The maximum Gasteiger partial charge on any atom is 2.00 e. The van der Waals surface area contributed by atoms with Crippen molar-refractivity contribution < 1.29 is 44.9 Å². The number of carbonyl (C=O) groups is 3. The van der Waals surface area contributed by atoms with Gasteiger partial charge in [-0.3, -0.25) is 19.7 Å². The molecule has 0 radical (unpaired) electrons. The van der Waals surface area contributed by atoms with E-state index in [9.17, 15) is 23.9 Å². The van der Waals surface area contributed by atoms with Crippen molar-refractivity contribution in [1.82, 2.24) is 5.32 Å². The van der Waals surface area contributed by atoms with E-state index in [-0.39, 0.29) is 39.5 Å². The Kier molecular flexibility index (Phi) is 6.02. The molecule has 21 heavy (non-hydrogen) atoms. The number of hydrogen-bond donors (Lipinski definition) is 2. The summed E-state index contributed by atoms with van der Waals surface area (Å²) in [6.45, 7) is 0. The molecule has 1 atom stereocenters. The normalized spacial score (nSPS) is 24.5. The van der Waals surface area contributed by atoms with Gasteiger partial charge in [0.1, 0.15) is 5.78 Å². The number of nitrogens with zero attached hydrogens (tertiary/aromatic N) is 1. The molecule has 1 aliphatic carbocycles. The molecule has 110 valence electrons. The van der Waals surface area contributed by atoms with Crippen LogP contribution in [0.5, 0.6) is 0 Å². The van der Waals surface area contributed by atoms with Crippen LogP contribution in [0.3, 0.4) is 0 Å². The Bertz CT molecular complexity index is 569. The fourth-order valence-electron chi connectivity index (χ4n) is 1.77. The first kappa shape index (κ1) is 17.3. The third kappa shape index (κ3) is 4.63. The number of halogens is 1. The van der Waals surface area contributed by atoms with Crippen LogP contribution >= 0.6 is 0 Å². The number of hydrogen-bond acceptors (Lipinski definition) is 4. The Morgan fingerprint density at radius 3 is 2.76 bits per heavy atom. The molecule has 1 saturated heterocycles. The van der Waals surface area contributed by atoms with Crippen LogP contribution in [0.1, 0.15) is 19.3 Å². The molecule has 2 amide bonds. The average Bonchev–Trinajstić information content (AvgIpc) is 2.53. The van der Waals surface area contributed by atoms with Crippen molar-refractivity contribution in [3.8, 4) is 0 Å².